The van der Waals surface area contributed by atoms with Gasteiger partial charge in [-0.3, -0.25) is 0 Å². The average Bonchev–Trinajstić information content (AvgIpc) is 2.56. The van der Waals surface area contributed by atoms with Gasteiger partial charge in [0.1, 0.15) is 11.5 Å². The van der Waals surface area contributed by atoms with Gasteiger partial charge in [-0.15, -0.1) is 12.4 Å². The van der Waals surface area contributed by atoms with Crippen LogP contribution in [0, 0.1) is 11.8 Å². The van der Waals surface area contributed by atoms with Gasteiger partial charge in [0, 0.05) is 18.0 Å². The number of halogens is 1. The molecule has 0 bridgehead atoms. The summed E-state index contributed by atoms with van der Waals surface area (Å²) in [5.74, 6) is 2.86. The fourth-order valence-electron chi connectivity index (χ4n) is 3.48. The molecule has 29 heavy (non-hydrogen) atoms. The van der Waals surface area contributed by atoms with E-state index in [2.05, 4.69) is 45.9 Å². The summed E-state index contributed by atoms with van der Waals surface area (Å²) in [7, 11) is 0. The van der Waals surface area contributed by atoms with E-state index in [-0.39, 0.29) is 12.4 Å². The van der Waals surface area contributed by atoms with Gasteiger partial charge in [0.2, 0.25) is 6.29 Å². The summed E-state index contributed by atoms with van der Waals surface area (Å²) in [5, 5.41) is 0. The first-order valence-corrected chi connectivity index (χ1v) is 10.4. The Hall–Kier alpha value is -1.71. The van der Waals surface area contributed by atoms with E-state index in [0.29, 0.717) is 11.8 Å². The van der Waals surface area contributed by atoms with Crippen LogP contribution in [-0.4, -0.2) is 6.29 Å². The third-order valence-corrected chi connectivity index (χ3v) is 4.64. The molecule has 3 nitrogen and oxygen atoms in total. The van der Waals surface area contributed by atoms with Crippen molar-refractivity contribution < 1.29 is 9.47 Å². The quantitative estimate of drug-likeness (QED) is 0.471. The van der Waals surface area contributed by atoms with Crippen LogP contribution in [0.2, 0.25) is 0 Å². The fraction of sp³-hybridized carbons (Fsp3) is 0.520. The third-order valence-electron chi connectivity index (χ3n) is 4.64. The van der Waals surface area contributed by atoms with Crippen molar-refractivity contribution in [1.29, 1.82) is 0 Å². The maximum atomic E-state index is 6.31. The van der Waals surface area contributed by atoms with Gasteiger partial charge in [0.15, 0.2) is 0 Å². The van der Waals surface area contributed by atoms with E-state index in [0.717, 1.165) is 29.9 Å². The van der Waals surface area contributed by atoms with Crippen LogP contribution >= 0.6 is 12.4 Å². The summed E-state index contributed by atoms with van der Waals surface area (Å²) < 4.78 is 12.4. The van der Waals surface area contributed by atoms with E-state index in [4.69, 9.17) is 15.2 Å². The lowest BCUT2D eigenvalue weighted by molar-refractivity contribution is 0.0199. The Balaban J connectivity index is 0.00000420. The second kappa shape index (κ2) is 10.9. The number of rotatable bonds is 9. The number of hydrogen-bond donors (Lipinski definition) is 1. The summed E-state index contributed by atoms with van der Waals surface area (Å²) in [6.45, 7) is 14.9. The maximum Gasteiger partial charge on any atom is 0.238 e. The number of nitrogens with two attached hydrogens (primary N) is 1. The third kappa shape index (κ3) is 7.56. The van der Waals surface area contributed by atoms with Gasteiger partial charge in [-0.05, 0) is 61.8 Å². The summed E-state index contributed by atoms with van der Waals surface area (Å²) in [6, 6.07) is 14.3. The molecule has 0 heterocycles. The summed E-state index contributed by atoms with van der Waals surface area (Å²) in [5.41, 5.74) is 9.48. The highest BCUT2D eigenvalue weighted by molar-refractivity contribution is 5.85. The van der Waals surface area contributed by atoms with Crippen LogP contribution in [-0.2, 0) is 18.4 Å². The molecule has 1 atom stereocenters. The van der Waals surface area contributed by atoms with Gasteiger partial charge in [-0.2, -0.15) is 0 Å². The molecule has 0 radical (unpaired) electrons. The van der Waals surface area contributed by atoms with Crippen molar-refractivity contribution in [2.75, 3.05) is 0 Å². The highest BCUT2D eigenvalue weighted by Crippen LogP contribution is 2.31. The van der Waals surface area contributed by atoms with E-state index in [9.17, 15) is 0 Å². The van der Waals surface area contributed by atoms with Crippen LogP contribution in [0.25, 0.3) is 0 Å². The SMILES string of the molecule is CC(C)Cc1cccc(OC(C)Oc2ccccc2C(C)(C)N)c1CC(C)C.Cl. The van der Waals surface area contributed by atoms with Crippen LogP contribution in [0.4, 0.5) is 0 Å². The Kier molecular flexibility index (Phi) is 9.51. The molecule has 2 aromatic rings. The molecule has 0 fully saturated rings. The number of para-hydroxylation sites is 1. The molecule has 4 heteroatoms. The first-order chi connectivity index (χ1) is 13.1. The Labute approximate surface area is 183 Å². The van der Waals surface area contributed by atoms with E-state index in [1.807, 2.05) is 45.0 Å². The minimum Gasteiger partial charge on any atom is -0.455 e. The molecule has 0 spiro atoms. The van der Waals surface area contributed by atoms with Crippen molar-refractivity contribution in [3.8, 4) is 11.5 Å². The topological polar surface area (TPSA) is 44.5 Å². The lowest BCUT2D eigenvalue weighted by atomic mass is 9.92. The zero-order chi connectivity index (χ0) is 20.9. The van der Waals surface area contributed by atoms with Crippen molar-refractivity contribution in [3.05, 3.63) is 59.2 Å². The van der Waals surface area contributed by atoms with Crippen molar-refractivity contribution in [1.82, 2.24) is 0 Å². The van der Waals surface area contributed by atoms with E-state index in [1.54, 1.807) is 0 Å². The fourth-order valence-corrected chi connectivity index (χ4v) is 3.48. The molecule has 2 aromatic carbocycles. The van der Waals surface area contributed by atoms with Crippen molar-refractivity contribution in [3.63, 3.8) is 0 Å². The highest BCUT2D eigenvalue weighted by atomic mass is 35.5. The molecule has 0 saturated heterocycles. The lowest BCUT2D eigenvalue weighted by Crippen LogP contribution is -2.30. The molecular weight excluding hydrogens is 382 g/mol. The van der Waals surface area contributed by atoms with Crippen LogP contribution in [0.1, 0.15) is 65.2 Å². The predicted molar refractivity (Wildman–Crippen MR) is 125 cm³/mol. The maximum absolute atomic E-state index is 6.31. The van der Waals surface area contributed by atoms with Gasteiger partial charge < -0.3 is 15.2 Å². The molecule has 0 aliphatic heterocycles. The van der Waals surface area contributed by atoms with Gasteiger partial charge in [-0.25, -0.2) is 0 Å². The monoisotopic (exact) mass is 419 g/mol. The minimum absolute atomic E-state index is 0. The molecule has 1 unspecified atom stereocenters. The molecule has 0 amide bonds. The highest BCUT2D eigenvalue weighted by Gasteiger charge is 2.21. The summed E-state index contributed by atoms with van der Waals surface area (Å²) in [4.78, 5) is 0. The second-order valence-electron chi connectivity index (χ2n) is 9.11. The van der Waals surface area contributed by atoms with Gasteiger partial charge in [0.25, 0.3) is 0 Å². The van der Waals surface area contributed by atoms with Gasteiger partial charge in [0.05, 0.1) is 0 Å². The molecule has 0 aliphatic carbocycles. The van der Waals surface area contributed by atoms with Gasteiger partial charge >= 0.3 is 0 Å². The number of benzene rings is 2. The van der Waals surface area contributed by atoms with Crippen molar-refractivity contribution in [2.45, 2.75) is 73.1 Å². The van der Waals surface area contributed by atoms with E-state index in [1.165, 1.54) is 11.1 Å². The van der Waals surface area contributed by atoms with Crippen LogP contribution in [0.15, 0.2) is 42.5 Å². The zero-order valence-electron chi connectivity index (χ0n) is 19.0. The Bertz CT molecular complexity index is 766. The summed E-state index contributed by atoms with van der Waals surface area (Å²) >= 11 is 0. The van der Waals surface area contributed by atoms with E-state index >= 15 is 0 Å². The standard InChI is InChI=1S/C25H37NO2.ClH/c1-17(2)15-20-11-10-14-23(21(20)16-18(3)4)27-19(5)28-24-13-9-8-12-22(24)25(6,7)26;/h8-14,17-19H,15-16,26H2,1-7H3;1H. The zero-order valence-corrected chi connectivity index (χ0v) is 19.8. The van der Waals surface area contributed by atoms with E-state index < -0.39 is 11.8 Å². The first-order valence-electron chi connectivity index (χ1n) is 10.4. The average molecular weight is 420 g/mol. The number of hydrogen-bond acceptors (Lipinski definition) is 3. The van der Waals surface area contributed by atoms with Crippen LogP contribution in [0.5, 0.6) is 11.5 Å². The lowest BCUT2D eigenvalue weighted by Gasteiger charge is -2.26. The smallest absolute Gasteiger partial charge is 0.238 e. The van der Waals surface area contributed by atoms with Crippen LogP contribution < -0.4 is 15.2 Å². The molecule has 0 aromatic heterocycles. The van der Waals surface area contributed by atoms with Crippen molar-refractivity contribution >= 4 is 12.4 Å². The molecular formula is C25H38ClNO2. The second-order valence-corrected chi connectivity index (χ2v) is 9.11. The Morgan fingerprint density at radius 1 is 0.793 bits per heavy atom. The normalized spacial score (nSPS) is 12.6. The number of ether oxygens (including phenoxy) is 2. The van der Waals surface area contributed by atoms with Crippen LogP contribution in [0.3, 0.4) is 0 Å². The molecule has 0 aliphatic rings. The largest absolute Gasteiger partial charge is 0.455 e. The first kappa shape index (κ1) is 25.3. The Morgan fingerprint density at radius 3 is 1.93 bits per heavy atom. The van der Waals surface area contributed by atoms with Gasteiger partial charge in [-0.1, -0.05) is 58.0 Å². The molecule has 0 saturated carbocycles. The molecule has 2 N–H and O–H groups in total. The minimum atomic E-state index is -0.476. The van der Waals surface area contributed by atoms with Crippen molar-refractivity contribution in [2.24, 2.45) is 17.6 Å². The molecule has 2 rings (SSSR count). The molecule has 162 valence electrons. The Morgan fingerprint density at radius 2 is 1.34 bits per heavy atom. The predicted octanol–water partition coefficient (Wildman–Crippen LogP) is 6.50. The summed E-state index contributed by atoms with van der Waals surface area (Å²) in [6.07, 6.45) is 1.64.